The van der Waals surface area contributed by atoms with Crippen LogP contribution in [0.5, 0.6) is 5.75 Å². The number of benzene rings is 2. The van der Waals surface area contributed by atoms with Crippen molar-refractivity contribution in [1.29, 1.82) is 0 Å². The molecule has 0 atom stereocenters. The molecule has 1 aliphatic carbocycles. The first-order chi connectivity index (χ1) is 14.5. The van der Waals surface area contributed by atoms with Gasteiger partial charge in [-0.05, 0) is 44.4 Å². The van der Waals surface area contributed by atoms with Gasteiger partial charge >= 0.3 is 5.97 Å². The topological polar surface area (TPSA) is 57.5 Å². The van der Waals surface area contributed by atoms with Gasteiger partial charge in [0.1, 0.15) is 5.75 Å². The molecule has 0 aliphatic heterocycles. The van der Waals surface area contributed by atoms with Gasteiger partial charge in [-0.3, -0.25) is 4.79 Å². The van der Waals surface area contributed by atoms with E-state index in [1.165, 1.54) is 0 Å². The van der Waals surface area contributed by atoms with Crippen molar-refractivity contribution in [3.8, 4) is 16.9 Å². The molecule has 154 valence electrons. The van der Waals surface area contributed by atoms with E-state index in [1.54, 1.807) is 0 Å². The van der Waals surface area contributed by atoms with E-state index < -0.39 is 5.97 Å². The summed E-state index contributed by atoms with van der Waals surface area (Å²) in [7, 11) is 0. The maximum Gasteiger partial charge on any atom is 0.344 e. The number of aryl methyl sites for hydroxylation is 1. The molecule has 2 aromatic carbocycles. The summed E-state index contributed by atoms with van der Waals surface area (Å²) in [6.45, 7) is 3.42. The van der Waals surface area contributed by atoms with Crippen LogP contribution in [0.1, 0.15) is 40.6 Å². The van der Waals surface area contributed by atoms with Crippen LogP contribution in [0.15, 0.2) is 60.7 Å². The SMILES string of the molecule is Cc1cc(C(=O)COC(=O)COc2ccccc2-c2ccccc2)c(C)n1C1CC1. The molecule has 1 saturated carbocycles. The predicted octanol–water partition coefficient (Wildman–Crippen LogP) is 4.91. The van der Waals surface area contributed by atoms with Gasteiger partial charge in [0.2, 0.25) is 5.78 Å². The first kappa shape index (κ1) is 20.0. The van der Waals surface area contributed by atoms with Crippen molar-refractivity contribution in [2.24, 2.45) is 0 Å². The quantitative estimate of drug-likeness (QED) is 0.396. The van der Waals surface area contributed by atoms with E-state index in [2.05, 4.69) is 4.57 Å². The second-order valence-corrected chi connectivity index (χ2v) is 7.62. The molecular formula is C25H25NO4. The number of aromatic nitrogens is 1. The lowest BCUT2D eigenvalue weighted by Crippen LogP contribution is -2.20. The van der Waals surface area contributed by atoms with Gasteiger partial charge in [-0.2, -0.15) is 0 Å². The molecule has 1 aromatic heterocycles. The average molecular weight is 403 g/mol. The molecule has 3 aromatic rings. The Labute approximate surface area is 176 Å². The monoisotopic (exact) mass is 403 g/mol. The molecule has 4 rings (SSSR count). The minimum absolute atomic E-state index is 0.187. The second kappa shape index (κ2) is 8.57. The van der Waals surface area contributed by atoms with Crippen LogP contribution in [0.4, 0.5) is 0 Å². The van der Waals surface area contributed by atoms with Crippen molar-refractivity contribution in [2.45, 2.75) is 32.7 Å². The predicted molar refractivity (Wildman–Crippen MR) is 115 cm³/mol. The Kier molecular flexibility index (Phi) is 5.70. The molecule has 1 heterocycles. The highest BCUT2D eigenvalue weighted by Crippen LogP contribution is 2.38. The molecular weight excluding hydrogens is 378 g/mol. The third kappa shape index (κ3) is 4.30. The molecule has 0 saturated heterocycles. The third-order valence-electron chi connectivity index (χ3n) is 5.38. The zero-order valence-corrected chi connectivity index (χ0v) is 17.3. The highest BCUT2D eigenvalue weighted by atomic mass is 16.6. The van der Waals surface area contributed by atoms with Crippen molar-refractivity contribution in [2.75, 3.05) is 13.2 Å². The van der Waals surface area contributed by atoms with Crippen LogP contribution < -0.4 is 4.74 Å². The van der Waals surface area contributed by atoms with Gasteiger partial charge in [0.05, 0.1) is 0 Å². The number of esters is 1. The van der Waals surface area contributed by atoms with Gasteiger partial charge < -0.3 is 14.0 Å². The van der Waals surface area contributed by atoms with E-state index in [0.717, 1.165) is 35.4 Å². The molecule has 0 unspecified atom stereocenters. The van der Waals surface area contributed by atoms with Gasteiger partial charge in [0.15, 0.2) is 13.2 Å². The van der Waals surface area contributed by atoms with Crippen molar-refractivity contribution in [3.05, 3.63) is 77.6 Å². The van der Waals surface area contributed by atoms with Crippen LogP contribution in [0.3, 0.4) is 0 Å². The summed E-state index contributed by atoms with van der Waals surface area (Å²) in [6.07, 6.45) is 2.31. The van der Waals surface area contributed by atoms with Crippen LogP contribution >= 0.6 is 0 Å². The van der Waals surface area contributed by atoms with Gasteiger partial charge in [-0.15, -0.1) is 0 Å². The highest BCUT2D eigenvalue weighted by Gasteiger charge is 2.28. The lowest BCUT2D eigenvalue weighted by molar-refractivity contribution is -0.144. The van der Waals surface area contributed by atoms with E-state index >= 15 is 0 Å². The Balaban J connectivity index is 1.34. The average Bonchev–Trinajstić information content (AvgIpc) is 3.55. The number of para-hydroxylation sites is 1. The lowest BCUT2D eigenvalue weighted by atomic mass is 10.1. The molecule has 1 aliphatic rings. The van der Waals surface area contributed by atoms with Crippen LogP contribution in [0.2, 0.25) is 0 Å². The van der Waals surface area contributed by atoms with Crippen LogP contribution in [0, 0.1) is 13.8 Å². The fourth-order valence-corrected chi connectivity index (χ4v) is 3.80. The Morgan fingerprint density at radius 2 is 1.67 bits per heavy atom. The van der Waals surface area contributed by atoms with Crippen molar-refractivity contribution >= 4 is 11.8 Å². The summed E-state index contributed by atoms with van der Waals surface area (Å²) < 4.78 is 13.1. The Morgan fingerprint density at radius 1 is 0.967 bits per heavy atom. The normalized spacial score (nSPS) is 13.1. The van der Waals surface area contributed by atoms with Gasteiger partial charge in [-0.25, -0.2) is 4.79 Å². The van der Waals surface area contributed by atoms with Crippen molar-refractivity contribution in [3.63, 3.8) is 0 Å². The Morgan fingerprint density at radius 3 is 2.40 bits per heavy atom. The summed E-state index contributed by atoms with van der Waals surface area (Å²) in [5.74, 6) is -0.157. The zero-order chi connectivity index (χ0) is 21.1. The number of Topliss-reactive ketones (excluding diaryl/α,β-unsaturated/α-hetero) is 1. The standard InChI is InChI=1S/C25H25NO4/c1-17-14-22(18(2)26(17)20-12-13-20)23(27)15-30-25(28)16-29-24-11-7-6-10-21(24)19-8-4-3-5-9-19/h3-11,14,20H,12-13,15-16H2,1-2H3. The van der Waals surface area contributed by atoms with E-state index in [4.69, 9.17) is 9.47 Å². The molecule has 5 nitrogen and oxygen atoms in total. The minimum Gasteiger partial charge on any atom is -0.481 e. The number of carbonyl (C=O) groups excluding carboxylic acids is 2. The number of nitrogens with zero attached hydrogens (tertiary/aromatic N) is 1. The first-order valence-corrected chi connectivity index (χ1v) is 10.2. The third-order valence-corrected chi connectivity index (χ3v) is 5.38. The summed E-state index contributed by atoms with van der Waals surface area (Å²) >= 11 is 0. The van der Waals surface area contributed by atoms with Crippen LogP contribution in [-0.2, 0) is 9.53 Å². The summed E-state index contributed by atoms with van der Waals surface area (Å²) in [6, 6.07) is 19.7. The summed E-state index contributed by atoms with van der Waals surface area (Å²) in [5, 5.41) is 0. The molecule has 30 heavy (non-hydrogen) atoms. The number of carbonyl (C=O) groups is 2. The second-order valence-electron chi connectivity index (χ2n) is 7.62. The molecule has 0 N–H and O–H groups in total. The number of hydrogen-bond acceptors (Lipinski definition) is 4. The smallest absolute Gasteiger partial charge is 0.344 e. The molecule has 0 spiro atoms. The van der Waals surface area contributed by atoms with E-state index in [9.17, 15) is 9.59 Å². The maximum absolute atomic E-state index is 12.6. The van der Waals surface area contributed by atoms with E-state index in [1.807, 2.05) is 74.5 Å². The van der Waals surface area contributed by atoms with Crippen LogP contribution in [-0.4, -0.2) is 29.5 Å². The van der Waals surface area contributed by atoms with Gasteiger partial charge in [0.25, 0.3) is 0 Å². The minimum atomic E-state index is -0.567. The molecule has 5 heteroatoms. The maximum atomic E-state index is 12.6. The van der Waals surface area contributed by atoms with E-state index in [0.29, 0.717) is 17.4 Å². The van der Waals surface area contributed by atoms with Crippen molar-refractivity contribution < 1.29 is 19.1 Å². The number of rotatable bonds is 8. The van der Waals surface area contributed by atoms with Crippen molar-refractivity contribution in [1.82, 2.24) is 4.57 Å². The van der Waals surface area contributed by atoms with Crippen LogP contribution in [0.25, 0.3) is 11.1 Å². The molecule has 0 bridgehead atoms. The highest BCUT2D eigenvalue weighted by molar-refractivity contribution is 5.99. The zero-order valence-electron chi connectivity index (χ0n) is 17.3. The molecule has 0 radical (unpaired) electrons. The van der Waals surface area contributed by atoms with Gasteiger partial charge in [-0.1, -0.05) is 48.5 Å². The summed E-state index contributed by atoms with van der Waals surface area (Å²) in [4.78, 5) is 24.7. The Hall–Kier alpha value is -3.34. The lowest BCUT2D eigenvalue weighted by Gasteiger charge is -2.11. The summed E-state index contributed by atoms with van der Waals surface area (Å²) in [5.41, 5.74) is 4.55. The number of hydrogen-bond donors (Lipinski definition) is 0. The fraction of sp³-hybridized carbons (Fsp3) is 0.280. The largest absolute Gasteiger partial charge is 0.481 e. The number of ketones is 1. The fourth-order valence-electron chi connectivity index (χ4n) is 3.80. The molecule has 1 fully saturated rings. The molecule has 0 amide bonds. The first-order valence-electron chi connectivity index (χ1n) is 10.2. The van der Waals surface area contributed by atoms with Gasteiger partial charge in [0, 0.05) is 28.6 Å². The van der Waals surface area contributed by atoms with E-state index in [-0.39, 0.29) is 19.0 Å². The Bertz CT molecular complexity index is 1060. The number of ether oxygens (including phenoxy) is 2.